The summed E-state index contributed by atoms with van der Waals surface area (Å²) in [5.74, 6) is -0.253. The summed E-state index contributed by atoms with van der Waals surface area (Å²) in [5, 5.41) is 10.0. The van der Waals surface area contributed by atoms with Gasteiger partial charge in [0.25, 0.3) is 0 Å². The average molecular weight is 294 g/mol. The zero-order valence-electron chi connectivity index (χ0n) is 11.8. The third-order valence-corrected chi connectivity index (χ3v) is 3.37. The number of nitrogens with zero attached hydrogens (tertiary/aromatic N) is 3. The average Bonchev–Trinajstić information content (AvgIpc) is 3.00. The SMILES string of the molecule is CCOC(=O)Cc1csc(Nc2cnn(C(C)C)c2)n1. The molecule has 0 spiro atoms. The lowest BCUT2D eigenvalue weighted by Crippen LogP contribution is -2.07. The highest BCUT2D eigenvalue weighted by Gasteiger charge is 2.09. The van der Waals surface area contributed by atoms with Gasteiger partial charge >= 0.3 is 5.97 Å². The Labute approximate surface area is 121 Å². The maximum atomic E-state index is 11.4. The molecule has 2 rings (SSSR count). The van der Waals surface area contributed by atoms with Gasteiger partial charge in [-0.05, 0) is 20.8 Å². The summed E-state index contributed by atoms with van der Waals surface area (Å²) in [6, 6.07) is 0.321. The van der Waals surface area contributed by atoms with Crippen LogP contribution >= 0.6 is 11.3 Å². The van der Waals surface area contributed by atoms with Crippen molar-refractivity contribution in [1.29, 1.82) is 0 Å². The Morgan fingerprint density at radius 3 is 3.00 bits per heavy atom. The van der Waals surface area contributed by atoms with Crippen LogP contribution in [-0.4, -0.2) is 27.3 Å². The van der Waals surface area contributed by atoms with Gasteiger partial charge in [0.1, 0.15) is 0 Å². The number of thiazole rings is 1. The van der Waals surface area contributed by atoms with E-state index in [1.165, 1.54) is 11.3 Å². The first kappa shape index (κ1) is 14.5. The van der Waals surface area contributed by atoms with Gasteiger partial charge in [0.15, 0.2) is 5.13 Å². The highest BCUT2D eigenvalue weighted by Crippen LogP contribution is 2.21. The van der Waals surface area contributed by atoms with Gasteiger partial charge in [0, 0.05) is 17.6 Å². The van der Waals surface area contributed by atoms with Gasteiger partial charge in [0.05, 0.1) is 30.6 Å². The fourth-order valence-electron chi connectivity index (χ4n) is 1.61. The van der Waals surface area contributed by atoms with E-state index in [4.69, 9.17) is 4.74 Å². The molecule has 2 aromatic rings. The first-order valence-electron chi connectivity index (χ1n) is 6.49. The molecule has 0 fully saturated rings. The molecule has 0 bridgehead atoms. The molecule has 0 radical (unpaired) electrons. The zero-order valence-corrected chi connectivity index (χ0v) is 12.6. The Hall–Kier alpha value is -1.89. The van der Waals surface area contributed by atoms with Crippen LogP contribution in [0, 0.1) is 0 Å². The van der Waals surface area contributed by atoms with E-state index in [2.05, 4.69) is 29.2 Å². The molecule has 0 aliphatic carbocycles. The summed E-state index contributed by atoms with van der Waals surface area (Å²) in [6.07, 6.45) is 3.89. The lowest BCUT2D eigenvalue weighted by atomic mass is 10.3. The molecule has 20 heavy (non-hydrogen) atoms. The minimum Gasteiger partial charge on any atom is -0.466 e. The third-order valence-electron chi connectivity index (χ3n) is 2.56. The Morgan fingerprint density at radius 1 is 1.55 bits per heavy atom. The predicted molar refractivity (Wildman–Crippen MR) is 78.3 cm³/mol. The van der Waals surface area contributed by atoms with Gasteiger partial charge in [-0.15, -0.1) is 11.3 Å². The van der Waals surface area contributed by atoms with Crippen LogP contribution in [0.3, 0.4) is 0 Å². The second kappa shape index (κ2) is 6.51. The lowest BCUT2D eigenvalue weighted by Gasteiger charge is -2.03. The fraction of sp³-hybridized carbons (Fsp3) is 0.462. The molecule has 6 nitrogen and oxygen atoms in total. The molecular weight excluding hydrogens is 276 g/mol. The van der Waals surface area contributed by atoms with Gasteiger partial charge in [0.2, 0.25) is 0 Å². The first-order valence-corrected chi connectivity index (χ1v) is 7.37. The molecule has 7 heteroatoms. The number of hydrogen-bond donors (Lipinski definition) is 1. The Bertz CT molecular complexity index is 576. The third kappa shape index (κ3) is 3.80. The number of esters is 1. The molecule has 0 atom stereocenters. The molecule has 0 amide bonds. The van der Waals surface area contributed by atoms with Crippen molar-refractivity contribution in [2.75, 3.05) is 11.9 Å². The van der Waals surface area contributed by atoms with E-state index in [9.17, 15) is 4.79 Å². The van der Waals surface area contributed by atoms with E-state index in [1.807, 2.05) is 16.3 Å². The van der Waals surface area contributed by atoms with Gasteiger partial charge in [-0.3, -0.25) is 9.48 Å². The van der Waals surface area contributed by atoms with E-state index >= 15 is 0 Å². The van der Waals surface area contributed by atoms with Crippen molar-refractivity contribution in [1.82, 2.24) is 14.8 Å². The van der Waals surface area contributed by atoms with Crippen LogP contribution in [0.4, 0.5) is 10.8 Å². The van der Waals surface area contributed by atoms with E-state index in [0.29, 0.717) is 18.3 Å². The highest BCUT2D eigenvalue weighted by atomic mass is 32.1. The largest absolute Gasteiger partial charge is 0.466 e. The van der Waals surface area contributed by atoms with Crippen molar-refractivity contribution >= 4 is 28.1 Å². The normalized spacial score (nSPS) is 10.8. The van der Waals surface area contributed by atoms with E-state index in [-0.39, 0.29) is 12.4 Å². The maximum Gasteiger partial charge on any atom is 0.311 e. The molecular formula is C13H18N4O2S. The number of carbonyl (C=O) groups excluding carboxylic acids is 1. The van der Waals surface area contributed by atoms with E-state index in [0.717, 1.165) is 10.8 Å². The molecule has 0 unspecified atom stereocenters. The Morgan fingerprint density at radius 2 is 2.35 bits per heavy atom. The molecule has 2 aromatic heterocycles. The molecule has 0 saturated heterocycles. The van der Waals surface area contributed by atoms with E-state index in [1.54, 1.807) is 13.1 Å². The molecule has 0 saturated carbocycles. The first-order chi connectivity index (χ1) is 9.58. The Balaban J connectivity index is 1.96. The number of aromatic nitrogens is 3. The summed E-state index contributed by atoms with van der Waals surface area (Å²) in [4.78, 5) is 15.7. The quantitative estimate of drug-likeness (QED) is 0.830. The van der Waals surface area contributed by atoms with Crippen LogP contribution in [0.15, 0.2) is 17.8 Å². The summed E-state index contributed by atoms with van der Waals surface area (Å²) >= 11 is 1.46. The minimum atomic E-state index is -0.253. The summed E-state index contributed by atoms with van der Waals surface area (Å²) < 4.78 is 6.77. The van der Waals surface area contributed by atoms with Crippen LogP contribution in [0.1, 0.15) is 32.5 Å². The van der Waals surface area contributed by atoms with Crippen LogP contribution in [0.25, 0.3) is 0 Å². The zero-order chi connectivity index (χ0) is 14.5. The Kier molecular flexibility index (Phi) is 4.73. The van der Waals surface area contributed by atoms with Crippen molar-refractivity contribution in [3.05, 3.63) is 23.5 Å². The van der Waals surface area contributed by atoms with Gasteiger partial charge < -0.3 is 10.1 Å². The highest BCUT2D eigenvalue weighted by molar-refractivity contribution is 7.13. The van der Waals surface area contributed by atoms with Crippen molar-refractivity contribution < 1.29 is 9.53 Å². The summed E-state index contributed by atoms with van der Waals surface area (Å²) in [6.45, 7) is 6.32. The smallest absolute Gasteiger partial charge is 0.311 e. The molecule has 0 aromatic carbocycles. The number of anilines is 2. The predicted octanol–water partition coefficient (Wildman–Crippen LogP) is 2.77. The number of hydrogen-bond acceptors (Lipinski definition) is 6. The lowest BCUT2D eigenvalue weighted by molar-refractivity contribution is -0.142. The maximum absolute atomic E-state index is 11.4. The van der Waals surface area contributed by atoms with Gasteiger partial charge in [-0.1, -0.05) is 0 Å². The van der Waals surface area contributed by atoms with Crippen LogP contribution in [-0.2, 0) is 16.0 Å². The monoisotopic (exact) mass is 294 g/mol. The topological polar surface area (TPSA) is 69.0 Å². The van der Waals surface area contributed by atoms with Gasteiger partial charge in [-0.2, -0.15) is 5.10 Å². The van der Waals surface area contributed by atoms with Gasteiger partial charge in [-0.25, -0.2) is 4.98 Å². The standard InChI is InChI=1S/C13H18N4O2S/c1-4-19-12(18)5-10-8-20-13(15-10)16-11-6-14-17(7-11)9(2)3/h6-9H,4-5H2,1-3H3,(H,15,16). The minimum absolute atomic E-state index is 0.206. The molecule has 0 aliphatic rings. The fourth-order valence-corrected chi connectivity index (χ4v) is 2.34. The van der Waals surface area contributed by atoms with Crippen molar-refractivity contribution in [3.63, 3.8) is 0 Å². The molecule has 2 heterocycles. The summed E-state index contributed by atoms with van der Waals surface area (Å²) in [7, 11) is 0. The van der Waals surface area contributed by atoms with Crippen molar-refractivity contribution in [3.8, 4) is 0 Å². The molecule has 1 N–H and O–H groups in total. The van der Waals surface area contributed by atoms with Crippen LogP contribution < -0.4 is 5.32 Å². The molecule has 0 aliphatic heterocycles. The number of ether oxygens (including phenoxy) is 1. The van der Waals surface area contributed by atoms with Crippen LogP contribution in [0.2, 0.25) is 0 Å². The second-order valence-electron chi connectivity index (χ2n) is 4.55. The number of nitrogens with one attached hydrogen (secondary N) is 1. The summed E-state index contributed by atoms with van der Waals surface area (Å²) in [5.41, 5.74) is 1.60. The number of carbonyl (C=O) groups is 1. The van der Waals surface area contributed by atoms with Crippen molar-refractivity contribution in [2.24, 2.45) is 0 Å². The number of rotatable bonds is 6. The van der Waals surface area contributed by atoms with Crippen molar-refractivity contribution in [2.45, 2.75) is 33.2 Å². The van der Waals surface area contributed by atoms with E-state index < -0.39 is 0 Å². The van der Waals surface area contributed by atoms with Crippen LogP contribution in [0.5, 0.6) is 0 Å². The second-order valence-corrected chi connectivity index (χ2v) is 5.41. The molecule has 108 valence electrons.